The van der Waals surface area contributed by atoms with Gasteiger partial charge >= 0.3 is 6.18 Å². The molecule has 0 aromatic heterocycles. The van der Waals surface area contributed by atoms with Crippen molar-refractivity contribution in [3.05, 3.63) is 94.8 Å². The van der Waals surface area contributed by atoms with Gasteiger partial charge in [0.15, 0.2) is 0 Å². The minimum atomic E-state index is -4.57. The van der Waals surface area contributed by atoms with Crippen LogP contribution in [0.25, 0.3) is 0 Å². The average molecular weight is 459 g/mol. The first-order chi connectivity index (χ1) is 15.5. The van der Waals surface area contributed by atoms with Crippen molar-refractivity contribution < 1.29 is 27.2 Å². The van der Waals surface area contributed by atoms with Gasteiger partial charge in [-0.1, -0.05) is 18.2 Å². The second-order valence-corrected chi connectivity index (χ2v) is 7.47. The molecule has 5 nitrogen and oxygen atoms in total. The van der Waals surface area contributed by atoms with Gasteiger partial charge in [-0.05, 0) is 54.1 Å². The van der Waals surface area contributed by atoms with Crippen LogP contribution in [-0.2, 0) is 12.7 Å². The van der Waals surface area contributed by atoms with Gasteiger partial charge in [-0.3, -0.25) is 9.59 Å². The lowest BCUT2D eigenvalue weighted by Gasteiger charge is -2.19. The number of nitrogens with one attached hydrogen (secondary N) is 2. The maximum Gasteiger partial charge on any atom is 0.416 e. The first-order valence-electron chi connectivity index (χ1n) is 9.87. The summed E-state index contributed by atoms with van der Waals surface area (Å²) in [6.07, 6.45) is -4.57. The van der Waals surface area contributed by atoms with E-state index in [2.05, 4.69) is 10.6 Å². The third kappa shape index (κ3) is 6.09. The van der Waals surface area contributed by atoms with Crippen molar-refractivity contribution in [1.29, 1.82) is 0 Å². The number of halogens is 4. The van der Waals surface area contributed by atoms with Gasteiger partial charge in [0.25, 0.3) is 11.8 Å². The Morgan fingerprint density at radius 1 is 0.909 bits per heavy atom. The normalized spacial score (nSPS) is 11.1. The Morgan fingerprint density at radius 2 is 1.61 bits per heavy atom. The molecule has 0 heterocycles. The van der Waals surface area contributed by atoms with Gasteiger partial charge < -0.3 is 15.5 Å². The van der Waals surface area contributed by atoms with Crippen LogP contribution >= 0.6 is 0 Å². The number of carbonyl (C=O) groups excluding carboxylic acids is 2. The predicted molar refractivity (Wildman–Crippen MR) is 118 cm³/mol. The maximum absolute atomic E-state index is 13.1. The molecule has 3 aromatic rings. The smallest absolute Gasteiger partial charge is 0.377 e. The number of amides is 2. The topological polar surface area (TPSA) is 61.4 Å². The molecule has 3 rings (SSSR count). The van der Waals surface area contributed by atoms with E-state index in [1.165, 1.54) is 24.3 Å². The Bertz CT molecular complexity index is 1160. The quantitative estimate of drug-likeness (QED) is 0.505. The number of carbonyl (C=O) groups is 2. The van der Waals surface area contributed by atoms with Gasteiger partial charge in [-0.2, -0.15) is 13.2 Å². The van der Waals surface area contributed by atoms with Crippen molar-refractivity contribution in [2.45, 2.75) is 12.7 Å². The molecule has 0 unspecified atom stereocenters. The highest BCUT2D eigenvalue weighted by Crippen LogP contribution is 2.30. The summed E-state index contributed by atoms with van der Waals surface area (Å²) in [4.78, 5) is 27.0. The van der Waals surface area contributed by atoms with E-state index in [-0.39, 0.29) is 29.2 Å². The fraction of sp³-hybridized carbons (Fsp3) is 0.167. The number of hydrogen-bond donors (Lipinski definition) is 2. The Balaban J connectivity index is 1.80. The molecule has 2 amide bonds. The lowest BCUT2D eigenvalue weighted by molar-refractivity contribution is -0.137. The third-order valence-electron chi connectivity index (χ3n) is 4.80. The Labute approximate surface area is 188 Å². The zero-order chi connectivity index (χ0) is 24.2. The monoisotopic (exact) mass is 459 g/mol. The van der Waals surface area contributed by atoms with Gasteiger partial charge in [-0.25, -0.2) is 4.39 Å². The fourth-order valence-corrected chi connectivity index (χ4v) is 3.11. The van der Waals surface area contributed by atoms with Crippen LogP contribution in [0.15, 0.2) is 66.7 Å². The van der Waals surface area contributed by atoms with Crippen LogP contribution in [0.3, 0.4) is 0 Å². The van der Waals surface area contributed by atoms with Crippen LogP contribution in [0.4, 0.5) is 28.9 Å². The number of nitrogens with zero attached hydrogens (tertiary/aromatic N) is 1. The van der Waals surface area contributed by atoms with Crippen LogP contribution < -0.4 is 15.5 Å². The Hall–Kier alpha value is -3.88. The zero-order valence-electron chi connectivity index (χ0n) is 17.8. The number of hydrogen-bond acceptors (Lipinski definition) is 3. The minimum absolute atomic E-state index is 0.160. The summed E-state index contributed by atoms with van der Waals surface area (Å²) in [5.41, 5.74) is 0.676. The fourth-order valence-electron chi connectivity index (χ4n) is 3.11. The SMILES string of the molecule is CN(C)c1ccc(NC(=O)c2cccc(C(F)(F)F)c2)cc1C(=O)NCc1ccc(F)cc1. The van der Waals surface area contributed by atoms with Gasteiger partial charge in [0.1, 0.15) is 5.82 Å². The molecule has 0 radical (unpaired) electrons. The molecule has 3 aromatic carbocycles. The molecule has 0 atom stereocenters. The largest absolute Gasteiger partial charge is 0.416 e. The summed E-state index contributed by atoms with van der Waals surface area (Å²) in [7, 11) is 3.49. The predicted octanol–water partition coefficient (Wildman–Crippen LogP) is 5.09. The standard InChI is InChI=1S/C24H21F4N3O2/c1-31(2)21-11-10-19(30-22(32)16-4-3-5-17(12-16)24(26,27)28)13-20(21)23(33)29-14-15-6-8-18(25)9-7-15/h3-13H,14H2,1-2H3,(H,29,33)(H,30,32). The highest BCUT2D eigenvalue weighted by Gasteiger charge is 2.31. The number of benzene rings is 3. The van der Waals surface area contributed by atoms with E-state index in [1.54, 1.807) is 43.3 Å². The van der Waals surface area contributed by atoms with Crippen LogP contribution in [0.5, 0.6) is 0 Å². The molecule has 0 bridgehead atoms. The van der Waals surface area contributed by atoms with E-state index in [9.17, 15) is 27.2 Å². The van der Waals surface area contributed by atoms with Gasteiger partial charge in [0.2, 0.25) is 0 Å². The maximum atomic E-state index is 13.1. The zero-order valence-corrected chi connectivity index (χ0v) is 17.8. The van der Waals surface area contributed by atoms with Crippen LogP contribution in [-0.4, -0.2) is 25.9 Å². The Morgan fingerprint density at radius 3 is 2.24 bits per heavy atom. The van der Waals surface area contributed by atoms with Crippen LogP contribution in [0.2, 0.25) is 0 Å². The number of alkyl halides is 3. The Kier molecular flexibility index (Phi) is 7.01. The van der Waals surface area contributed by atoms with E-state index in [4.69, 9.17) is 0 Å². The molecule has 0 fully saturated rings. The van der Waals surface area contributed by atoms with Crippen molar-refractivity contribution in [2.24, 2.45) is 0 Å². The minimum Gasteiger partial charge on any atom is -0.377 e. The van der Waals surface area contributed by atoms with Crippen LogP contribution in [0, 0.1) is 5.82 Å². The first kappa shape index (κ1) is 23.8. The summed E-state index contributed by atoms with van der Waals surface area (Å²) in [6, 6.07) is 14.4. The van der Waals surface area contributed by atoms with Gasteiger partial charge in [-0.15, -0.1) is 0 Å². The number of anilines is 2. The van der Waals surface area contributed by atoms with E-state index in [0.717, 1.165) is 18.2 Å². The molecule has 33 heavy (non-hydrogen) atoms. The van der Waals surface area contributed by atoms with Crippen molar-refractivity contribution in [1.82, 2.24) is 5.32 Å². The molecule has 0 spiro atoms. The van der Waals surface area contributed by atoms with Crippen molar-refractivity contribution in [3.63, 3.8) is 0 Å². The van der Waals surface area contributed by atoms with E-state index in [1.807, 2.05) is 0 Å². The highest BCUT2D eigenvalue weighted by molar-refractivity contribution is 6.06. The molecule has 0 saturated carbocycles. The van der Waals surface area contributed by atoms with Gasteiger partial charge in [0.05, 0.1) is 11.1 Å². The van der Waals surface area contributed by atoms with Crippen molar-refractivity contribution in [2.75, 3.05) is 24.3 Å². The summed E-state index contributed by atoms with van der Waals surface area (Å²) in [6.45, 7) is 0.160. The summed E-state index contributed by atoms with van der Waals surface area (Å²) in [5, 5.41) is 5.27. The van der Waals surface area contributed by atoms with Crippen molar-refractivity contribution >= 4 is 23.2 Å². The molecular weight excluding hydrogens is 438 g/mol. The molecule has 2 N–H and O–H groups in total. The van der Waals surface area contributed by atoms with E-state index in [0.29, 0.717) is 11.3 Å². The lowest BCUT2D eigenvalue weighted by Crippen LogP contribution is -2.25. The first-order valence-corrected chi connectivity index (χ1v) is 9.87. The summed E-state index contributed by atoms with van der Waals surface area (Å²) >= 11 is 0. The summed E-state index contributed by atoms with van der Waals surface area (Å²) < 4.78 is 51.9. The molecule has 0 aliphatic heterocycles. The van der Waals surface area contributed by atoms with E-state index < -0.39 is 23.6 Å². The van der Waals surface area contributed by atoms with Crippen molar-refractivity contribution in [3.8, 4) is 0 Å². The lowest BCUT2D eigenvalue weighted by atomic mass is 10.1. The average Bonchev–Trinajstić information content (AvgIpc) is 2.77. The molecule has 0 aliphatic carbocycles. The molecular formula is C24H21F4N3O2. The number of rotatable bonds is 6. The third-order valence-corrected chi connectivity index (χ3v) is 4.80. The molecule has 172 valence electrons. The molecule has 0 aliphatic rings. The van der Waals surface area contributed by atoms with Crippen LogP contribution in [0.1, 0.15) is 31.8 Å². The second kappa shape index (κ2) is 9.72. The molecule has 9 heteroatoms. The van der Waals surface area contributed by atoms with Gasteiger partial charge in [0, 0.05) is 37.6 Å². The summed E-state index contributed by atoms with van der Waals surface area (Å²) in [5.74, 6) is -1.56. The van der Waals surface area contributed by atoms with E-state index >= 15 is 0 Å². The molecule has 0 saturated heterocycles. The second-order valence-electron chi connectivity index (χ2n) is 7.47. The highest BCUT2D eigenvalue weighted by atomic mass is 19.4.